The molecule has 18 heavy (non-hydrogen) atoms. The zero-order valence-electron chi connectivity index (χ0n) is 10.8. The molecule has 2 rings (SSSR count). The monoisotopic (exact) mass is 314 g/mol. The Morgan fingerprint density at radius 2 is 2.00 bits per heavy atom. The van der Waals surface area contributed by atoms with E-state index in [0.29, 0.717) is 5.75 Å². The molecule has 0 saturated heterocycles. The molecule has 100 valence electrons. The molecule has 1 aliphatic rings. The molecule has 3 heteroatoms. The van der Waals surface area contributed by atoms with Gasteiger partial charge in [-0.15, -0.1) is 0 Å². The lowest BCUT2D eigenvalue weighted by Gasteiger charge is -2.36. The van der Waals surface area contributed by atoms with Gasteiger partial charge in [0.2, 0.25) is 0 Å². The second-order valence-corrected chi connectivity index (χ2v) is 5.87. The first-order chi connectivity index (χ1) is 8.71. The first-order valence-corrected chi connectivity index (χ1v) is 7.70. The highest BCUT2D eigenvalue weighted by atomic mass is 79.9. The van der Waals surface area contributed by atoms with Crippen LogP contribution in [0.5, 0.6) is 5.75 Å². The van der Waals surface area contributed by atoms with Crippen LogP contribution in [0.4, 0.5) is 4.39 Å². The van der Waals surface area contributed by atoms with Crippen molar-refractivity contribution in [3.8, 4) is 5.75 Å². The highest BCUT2D eigenvalue weighted by Gasteiger charge is 2.32. The Hall–Kier alpha value is -0.570. The maximum Gasteiger partial charge on any atom is 0.168 e. The molecule has 1 saturated carbocycles. The summed E-state index contributed by atoms with van der Waals surface area (Å²) in [7, 11) is 1.52. The smallest absolute Gasteiger partial charge is 0.168 e. The maximum absolute atomic E-state index is 14.2. The Balaban J connectivity index is 2.21. The van der Waals surface area contributed by atoms with Crippen molar-refractivity contribution in [3.63, 3.8) is 0 Å². The van der Waals surface area contributed by atoms with Crippen LogP contribution in [0.1, 0.15) is 37.7 Å². The lowest BCUT2D eigenvalue weighted by molar-refractivity contribution is 0.220. The minimum atomic E-state index is -0.189. The second-order valence-electron chi connectivity index (χ2n) is 5.30. The van der Waals surface area contributed by atoms with E-state index in [9.17, 15) is 4.39 Å². The van der Waals surface area contributed by atoms with Gasteiger partial charge in [-0.3, -0.25) is 0 Å². The Morgan fingerprint density at radius 3 is 2.61 bits per heavy atom. The van der Waals surface area contributed by atoms with Gasteiger partial charge in [-0.2, -0.15) is 0 Å². The van der Waals surface area contributed by atoms with Crippen molar-refractivity contribution >= 4 is 15.9 Å². The molecule has 0 atom stereocenters. The van der Waals surface area contributed by atoms with Crippen molar-refractivity contribution in [2.75, 3.05) is 12.4 Å². The molecule has 0 spiro atoms. The van der Waals surface area contributed by atoms with Crippen molar-refractivity contribution in [2.45, 2.75) is 38.5 Å². The summed E-state index contributed by atoms with van der Waals surface area (Å²) < 4.78 is 19.2. The maximum atomic E-state index is 14.2. The average molecular weight is 315 g/mol. The van der Waals surface area contributed by atoms with Crippen LogP contribution in [-0.4, -0.2) is 12.4 Å². The van der Waals surface area contributed by atoms with Gasteiger partial charge >= 0.3 is 0 Å². The predicted molar refractivity (Wildman–Crippen MR) is 76.0 cm³/mol. The summed E-state index contributed by atoms with van der Waals surface area (Å²) >= 11 is 3.63. The molecule has 0 N–H and O–H groups in total. The molecule has 1 nitrogen and oxygen atoms in total. The van der Waals surface area contributed by atoms with Crippen molar-refractivity contribution in [1.29, 1.82) is 0 Å². The van der Waals surface area contributed by atoms with Crippen LogP contribution in [0.25, 0.3) is 0 Å². The molecule has 0 amide bonds. The number of methoxy groups -OCH3 is 1. The number of alkyl halides is 1. The average Bonchev–Trinajstić information content (AvgIpc) is 2.42. The van der Waals surface area contributed by atoms with Crippen LogP contribution in [0.2, 0.25) is 0 Å². The van der Waals surface area contributed by atoms with E-state index in [2.05, 4.69) is 15.9 Å². The number of ether oxygens (including phenoxy) is 1. The molecule has 0 aromatic heterocycles. The first kappa shape index (κ1) is 13.9. The normalized spacial score (nSPS) is 18.6. The molecule has 0 bridgehead atoms. The highest BCUT2D eigenvalue weighted by Crippen LogP contribution is 2.41. The third-order valence-electron chi connectivity index (χ3n) is 4.03. The minimum absolute atomic E-state index is 0.189. The number of hydrogen-bond donors (Lipinski definition) is 0. The van der Waals surface area contributed by atoms with Crippen LogP contribution in [0, 0.1) is 11.2 Å². The molecule has 1 fully saturated rings. The van der Waals surface area contributed by atoms with Gasteiger partial charge in [0, 0.05) is 5.33 Å². The van der Waals surface area contributed by atoms with E-state index in [-0.39, 0.29) is 11.2 Å². The van der Waals surface area contributed by atoms with E-state index < -0.39 is 0 Å². The van der Waals surface area contributed by atoms with Gasteiger partial charge < -0.3 is 4.74 Å². The molecule has 0 aliphatic heterocycles. The number of benzene rings is 1. The van der Waals surface area contributed by atoms with Gasteiger partial charge in [0.25, 0.3) is 0 Å². The van der Waals surface area contributed by atoms with E-state index in [4.69, 9.17) is 4.74 Å². The molecular formula is C15H20BrFO. The Bertz CT molecular complexity index is 399. The van der Waals surface area contributed by atoms with Gasteiger partial charge in [-0.1, -0.05) is 47.3 Å². The van der Waals surface area contributed by atoms with Crippen LogP contribution in [0.15, 0.2) is 18.2 Å². The lowest BCUT2D eigenvalue weighted by atomic mass is 9.72. The summed E-state index contributed by atoms with van der Waals surface area (Å²) in [6, 6.07) is 5.44. The Kier molecular flexibility index (Phi) is 4.66. The van der Waals surface area contributed by atoms with Crippen LogP contribution >= 0.6 is 15.9 Å². The van der Waals surface area contributed by atoms with Crippen molar-refractivity contribution in [2.24, 2.45) is 5.41 Å². The fourth-order valence-electron chi connectivity index (χ4n) is 2.91. The van der Waals surface area contributed by atoms with Crippen LogP contribution in [-0.2, 0) is 6.42 Å². The van der Waals surface area contributed by atoms with Crippen LogP contribution < -0.4 is 4.74 Å². The summed E-state index contributed by atoms with van der Waals surface area (Å²) in [5.41, 5.74) is 1.02. The molecule has 0 unspecified atom stereocenters. The van der Waals surface area contributed by atoms with Gasteiger partial charge in [-0.05, 0) is 36.3 Å². The number of rotatable bonds is 4. The lowest BCUT2D eigenvalue weighted by Crippen LogP contribution is -2.28. The van der Waals surface area contributed by atoms with Crippen LogP contribution in [0.3, 0.4) is 0 Å². The third kappa shape index (κ3) is 2.87. The quantitative estimate of drug-likeness (QED) is 0.730. The Morgan fingerprint density at radius 1 is 1.28 bits per heavy atom. The van der Waals surface area contributed by atoms with E-state index in [1.165, 1.54) is 39.2 Å². The van der Waals surface area contributed by atoms with E-state index in [1.54, 1.807) is 6.07 Å². The summed E-state index contributed by atoms with van der Waals surface area (Å²) in [6.07, 6.45) is 7.02. The summed E-state index contributed by atoms with van der Waals surface area (Å²) in [5, 5.41) is 0.955. The molecule has 0 radical (unpaired) electrons. The molecule has 1 aromatic rings. The topological polar surface area (TPSA) is 9.23 Å². The zero-order valence-corrected chi connectivity index (χ0v) is 12.4. The van der Waals surface area contributed by atoms with Gasteiger partial charge in [0.05, 0.1) is 7.11 Å². The fraction of sp³-hybridized carbons (Fsp3) is 0.600. The molecular weight excluding hydrogens is 295 g/mol. The fourth-order valence-corrected chi connectivity index (χ4v) is 3.67. The molecule has 1 aromatic carbocycles. The standard InChI is InChI=1S/C15H20BrFO/c1-18-13-7-5-6-12(14(13)17)10-15(11-16)8-3-2-4-9-15/h5-7H,2-4,8-11H2,1H3. The molecule has 1 aliphatic carbocycles. The van der Waals surface area contributed by atoms with E-state index in [0.717, 1.165) is 17.3 Å². The Labute approximate surface area is 117 Å². The van der Waals surface area contributed by atoms with Gasteiger partial charge in [0.1, 0.15) is 0 Å². The summed E-state index contributed by atoms with van der Waals surface area (Å²) in [4.78, 5) is 0. The largest absolute Gasteiger partial charge is 0.494 e. The van der Waals surface area contributed by atoms with Crippen molar-refractivity contribution in [3.05, 3.63) is 29.6 Å². The minimum Gasteiger partial charge on any atom is -0.494 e. The predicted octanol–water partition coefficient (Wildman–Crippen LogP) is 4.72. The van der Waals surface area contributed by atoms with Gasteiger partial charge in [0.15, 0.2) is 11.6 Å². The summed E-state index contributed by atoms with van der Waals surface area (Å²) in [6.45, 7) is 0. The zero-order chi connectivity index (χ0) is 13.0. The highest BCUT2D eigenvalue weighted by molar-refractivity contribution is 9.09. The first-order valence-electron chi connectivity index (χ1n) is 6.58. The third-order valence-corrected chi connectivity index (χ3v) is 5.22. The van der Waals surface area contributed by atoms with Gasteiger partial charge in [-0.25, -0.2) is 4.39 Å². The van der Waals surface area contributed by atoms with E-state index >= 15 is 0 Å². The second kappa shape index (κ2) is 6.05. The van der Waals surface area contributed by atoms with E-state index in [1.807, 2.05) is 12.1 Å². The van der Waals surface area contributed by atoms with Crippen molar-refractivity contribution < 1.29 is 9.13 Å². The SMILES string of the molecule is COc1cccc(CC2(CBr)CCCCC2)c1F. The summed E-state index contributed by atoms with van der Waals surface area (Å²) in [5.74, 6) is 0.166. The van der Waals surface area contributed by atoms with Crippen molar-refractivity contribution in [1.82, 2.24) is 0 Å². The molecule has 0 heterocycles. The number of hydrogen-bond acceptors (Lipinski definition) is 1. The number of halogens is 2.